The molecule has 3 aromatic rings. The number of Topliss-reactive ketones (excluding diaryl/α,β-unsaturated/α-hetero) is 1. The third-order valence-corrected chi connectivity index (χ3v) is 8.45. The van der Waals surface area contributed by atoms with Gasteiger partial charge >= 0.3 is 0 Å². The number of rotatable bonds is 9. The molecule has 1 aliphatic rings. The van der Waals surface area contributed by atoms with E-state index in [1.54, 1.807) is 18.2 Å². The van der Waals surface area contributed by atoms with Crippen LogP contribution in [0.1, 0.15) is 50.1 Å². The normalized spacial score (nSPS) is 17.5. The lowest BCUT2D eigenvalue weighted by atomic mass is 10.0. The highest BCUT2D eigenvalue weighted by Crippen LogP contribution is 2.25. The zero-order valence-corrected chi connectivity index (χ0v) is 23.0. The van der Waals surface area contributed by atoms with Gasteiger partial charge in [0.25, 0.3) is 5.91 Å². The van der Waals surface area contributed by atoms with Gasteiger partial charge in [0, 0.05) is 18.4 Å². The maximum atomic E-state index is 13.6. The Morgan fingerprint density at radius 3 is 2.49 bits per heavy atom. The summed E-state index contributed by atoms with van der Waals surface area (Å²) in [5.41, 5.74) is 0.538. The molecule has 1 aromatic heterocycles. The van der Waals surface area contributed by atoms with Crippen LogP contribution in [0.4, 0.5) is 0 Å². The molecule has 2 amide bonds. The summed E-state index contributed by atoms with van der Waals surface area (Å²) in [6.45, 7) is 3.85. The third-order valence-electron chi connectivity index (χ3n) is 6.57. The molecule has 1 aliphatic heterocycles. The van der Waals surface area contributed by atoms with E-state index in [9.17, 15) is 22.8 Å². The number of carbonyl (C=O) groups excluding carboxylic acids is 3. The number of para-hydroxylation sites is 1. The minimum Gasteiger partial charge on any atom is -0.497 e. The van der Waals surface area contributed by atoms with Gasteiger partial charge in [0.05, 0.1) is 12.0 Å². The molecule has 2 atom stereocenters. The second-order valence-corrected chi connectivity index (χ2v) is 11.8. The molecule has 1 saturated heterocycles. The van der Waals surface area contributed by atoms with Crippen LogP contribution in [0.2, 0.25) is 0 Å². The number of benzene rings is 2. The van der Waals surface area contributed by atoms with Crippen molar-refractivity contribution in [2.75, 3.05) is 13.7 Å². The van der Waals surface area contributed by atoms with Crippen LogP contribution in [-0.4, -0.2) is 56.2 Å². The largest absolute Gasteiger partial charge is 0.497 e. The first kappa shape index (κ1) is 28.3. The lowest BCUT2D eigenvalue weighted by Crippen LogP contribution is -2.58. The van der Waals surface area contributed by atoms with Gasteiger partial charge in [-0.2, -0.15) is 4.31 Å². The number of ether oxygens (including phenoxy) is 1. The number of hydrogen-bond acceptors (Lipinski definition) is 7. The predicted octanol–water partition coefficient (Wildman–Crippen LogP) is 3.47. The van der Waals surface area contributed by atoms with E-state index in [0.717, 1.165) is 9.69 Å². The lowest BCUT2D eigenvalue weighted by molar-refractivity contribution is -0.131. The van der Waals surface area contributed by atoms with Crippen LogP contribution in [0.15, 0.2) is 63.9 Å². The van der Waals surface area contributed by atoms with E-state index in [2.05, 4.69) is 10.6 Å². The monoisotopic (exact) mass is 555 g/mol. The maximum Gasteiger partial charge on any atom is 0.287 e. The Morgan fingerprint density at radius 2 is 1.82 bits per heavy atom. The number of furan rings is 1. The Bertz CT molecular complexity index is 1410. The van der Waals surface area contributed by atoms with E-state index < -0.39 is 39.8 Å². The van der Waals surface area contributed by atoms with Crippen molar-refractivity contribution in [3.8, 4) is 5.75 Å². The highest BCUT2D eigenvalue weighted by Gasteiger charge is 2.39. The van der Waals surface area contributed by atoms with Gasteiger partial charge in [-0.1, -0.05) is 32.0 Å². The van der Waals surface area contributed by atoms with Gasteiger partial charge in [0.15, 0.2) is 17.7 Å². The average Bonchev–Trinajstić information content (AvgIpc) is 3.27. The lowest BCUT2D eigenvalue weighted by Gasteiger charge is -2.30. The number of amides is 2. The fourth-order valence-corrected chi connectivity index (χ4v) is 6.12. The standard InChI is InChI=1S/C28H33N3O7S/c1-18(2)16-22(29-28(34)25-17-19-8-4-5-10-24(19)38-25)27(33)30-26-23(32)9-6-7-15-31(26)39(35,36)21-13-11-20(37-3)12-14-21/h4-5,8,10-14,17-18,22,26H,6-7,9,15-16H2,1-3H3,(H,29,34)(H,30,33)/t22?,26-/m0/s1. The molecule has 2 N–H and O–H groups in total. The van der Waals surface area contributed by atoms with Gasteiger partial charge in [-0.25, -0.2) is 8.42 Å². The molecule has 39 heavy (non-hydrogen) atoms. The SMILES string of the molecule is COc1ccc(S(=O)(=O)N2CCCCC(=O)[C@H]2NC(=O)C(CC(C)C)NC(=O)c2cc3ccccc3o2)cc1. The molecule has 0 bridgehead atoms. The van der Waals surface area contributed by atoms with Gasteiger partial charge in [0.1, 0.15) is 17.4 Å². The van der Waals surface area contributed by atoms with Gasteiger partial charge in [-0.15, -0.1) is 0 Å². The fourth-order valence-electron chi connectivity index (χ4n) is 4.55. The smallest absolute Gasteiger partial charge is 0.287 e. The number of fused-ring (bicyclic) bond motifs is 1. The van der Waals surface area contributed by atoms with Crippen molar-refractivity contribution in [1.29, 1.82) is 0 Å². The zero-order chi connectivity index (χ0) is 28.2. The first-order chi connectivity index (χ1) is 18.6. The van der Waals surface area contributed by atoms with Gasteiger partial charge in [0.2, 0.25) is 15.9 Å². The second kappa shape index (κ2) is 12.0. The first-order valence-corrected chi connectivity index (χ1v) is 14.3. The quantitative estimate of drug-likeness (QED) is 0.413. The molecule has 208 valence electrons. The molecule has 1 unspecified atom stereocenters. The van der Waals surface area contributed by atoms with Crippen LogP contribution in [0.25, 0.3) is 11.0 Å². The summed E-state index contributed by atoms with van der Waals surface area (Å²) in [6, 6.07) is 13.6. The van der Waals surface area contributed by atoms with E-state index in [-0.39, 0.29) is 36.0 Å². The highest BCUT2D eigenvalue weighted by molar-refractivity contribution is 7.89. The van der Waals surface area contributed by atoms with Gasteiger partial charge in [-0.3, -0.25) is 14.4 Å². The number of ketones is 1. The van der Waals surface area contributed by atoms with Crippen molar-refractivity contribution in [2.45, 2.75) is 56.6 Å². The van der Waals surface area contributed by atoms with E-state index >= 15 is 0 Å². The van der Waals surface area contributed by atoms with Crippen LogP contribution >= 0.6 is 0 Å². The van der Waals surface area contributed by atoms with Crippen LogP contribution < -0.4 is 15.4 Å². The summed E-state index contributed by atoms with van der Waals surface area (Å²) in [7, 11) is -2.65. The molecule has 10 nitrogen and oxygen atoms in total. The van der Waals surface area contributed by atoms with E-state index in [4.69, 9.17) is 9.15 Å². The number of nitrogens with one attached hydrogen (secondary N) is 2. The second-order valence-electron chi connectivity index (χ2n) is 9.93. The maximum absolute atomic E-state index is 13.6. The van der Waals surface area contributed by atoms with Crippen LogP contribution in [0, 0.1) is 5.92 Å². The number of hydrogen-bond donors (Lipinski definition) is 2. The van der Waals surface area contributed by atoms with Crippen molar-refractivity contribution in [1.82, 2.24) is 14.9 Å². The summed E-state index contributed by atoms with van der Waals surface area (Å²) >= 11 is 0. The topological polar surface area (TPSA) is 135 Å². The zero-order valence-electron chi connectivity index (χ0n) is 22.2. The Balaban J connectivity index is 1.58. The van der Waals surface area contributed by atoms with E-state index in [1.807, 2.05) is 26.0 Å². The summed E-state index contributed by atoms with van der Waals surface area (Å²) in [5.74, 6) is -1.09. The average molecular weight is 556 g/mol. The molecule has 0 aliphatic carbocycles. The number of carbonyl (C=O) groups is 3. The van der Waals surface area contributed by atoms with Crippen molar-refractivity contribution < 1.29 is 32.0 Å². The molecule has 2 heterocycles. The van der Waals surface area contributed by atoms with Crippen molar-refractivity contribution in [3.63, 3.8) is 0 Å². The Labute approximate surface area is 227 Å². The van der Waals surface area contributed by atoms with E-state index in [0.29, 0.717) is 24.2 Å². The number of methoxy groups -OCH3 is 1. The molecular weight excluding hydrogens is 522 g/mol. The van der Waals surface area contributed by atoms with E-state index in [1.165, 1.54) is 31.4 Å². The van der Waals surface area contributed by atoms with Crippen LogP contribution in [0.5, 0.6) is 5.75 Å². The minimum atomic E-state index is -4.13. The van der Waals surface area contributed by atoms with Crippen LogP contribution in [0.3, 0.4) is 0 Å². The molecule has 0 saturated carbocycles. The Hall–Kier alpha value is -3.70. The van der Waals surface area contributed by atoms with Crippen LogP contribution in [-0.2, 0) is 19.6 Å². The molecule has 1 fully saturated rings. The minimum absolute atomic E-state index is 0.0145. The Morgan fingerprint density at radius 1 is 1.10 bits per heavy atom. The van der Waals surface area contributed by atoms with Gasteiger partial charge in [-0.05, 0) is 61.6 Å². The summed E-state index contributed by atoms with van der Waals surface area (Å²) in [4.78, 5) is 39.6. The van der Waals surface area contributed by atoms with Crippen molar-refractivity contribution in [3.05, 3.63) is 60.4 Å². The number of sulfonamides is 1. The molecule has 11 heteroatoms. The first-order valence-electron chi connectivity index (χ1n) is 12.9. The summed E-state index contributed by atoms with van der Waals surface area (Å²) < 4.78 is 38.9. The van der Waals surface area contributed by atoms with Gasteiger partial charge < -0.3 is 19.8 Å². The predicted molar refractivity (Wildman–Crippen MR) is 145 cm³/mol. The highest BCUT2D eigenvalue weighted by atomic mass is 32.2. The molecule has 0 spiro atoms. The fraction of sp³-hybridized carbons (Fsp3) is 0.393. The third kappa shape index (κ3) is 6.48. The van der Waals surface area contributed by atoms with Crippen molar-refractivity contribution in [2.24, 2.45) is 5.92 Å². The van der Waals surface area contributed by atoms with Crippen molar-refractivity contribution >= 4 is 38.6 Å². The molecule has 0 radical (unpaired) electrons. The molecule has 2 aromatic carbocycles. The summed E-state index contributed by atoms with van der Waals surface area (Å²) in [6.07, 6.45) is -0.0436. The summed E-state index contributed by atoms with van der Waals surface area (Å²) in [5, 5.41) is 6.09. The number of nitrogens with zero attached hydrogens (tertiary/aromatic N) is 1. The Kier molecular flexibility index (Phi) is 8.71. The molecule has 4 rings (SSSR count). The molecular formula is C28H33N3O7S.